The number of halogens is 1. The molecule has 0 saturated carbocycles. The van der Waals surface area contributed by atoms with E-state index in [1.165, 1.54) is 5.56 Å². The van der Waals surface area contributed by atoms with E-state index in [1.54, 1.807) is 0 Å². The summed E-state index contributed by atoms with van der Waals surface area (Å²) in [5.41, 5.74) is 8.85. The van der Waals surface area contributed by atoms with Gasteiger partial charge in [-0.05, 0) is 36.6 Å². The van der Waals surface area contributed by atoms with Gasteiger partial charge >= 0.3 is 6.03 Å². The normalized spacial score (nSPS) is 14.8. The summed E-state index contributed by atoms with van der Waals surface area (Å²) >= 11 is 6.30. The fourth-order valence-electron chi connectivity index (χ4n) is 4.71. The molecular formula is C28H36ClN5O2. The van der Waals surface area contributed by atoms with E-state index >= 15 is 0 Å². The van der Waals surface area contributed by atoms with Crippen molar-refractivity contribution in [3.8, 4) is 11.3 Å². The summed E-state index contributed by atoms with van der Waals surface area (Å²) in [5, 5.41) is 0.666. The molecule has 3 aromatic rings. The molecule has 1 aliphatic rings. The summed E-state index contributed by atoms with van der Waals surface area (Å²) < 4.78 is 7.67. The average molecular weight is 510 g/mol. The monoisotopic (exact) mass is 509 g/mol. The summed E-state index contributed by atoms with van der Waals surface area (Å²) in [5.74, 6) is 0.999. The minimum atomic E-state index is -0.219. The maximum Gasteiger partial charge on any atom is 0.320 e. The number of benzene rings is 2. The summed E-state index contributed by atoms with van der Waals surface area (Å²) in [6.07, 6.45) is 2.80. The van der Waals surface area contributed by atoms with Crippen molar-refractivity contribution in [2.24, 2.45) is 11.7 Å². The minimum absolute atomic E-state index is 0.0176. The third-order valence-corrected chi connectivity index (χ3v) is 6.72. The standard InChI is InChI=1S/C28H36ClN5O2/c1-21(2)26(34(13-7-12-30)28(35)32-14-16-36-17-15-32)27-31-25(23-10-6-11-24(29)18-23)20-33(27)19-22-8-4-3-5-9-22/h3-6,8-11,18,20-21,26H,7,12-17,19,30H2,1-2H3. The van der Waals surface area contributed by atoms with Gasteiger partial charge in [-0.25, -0.2) is 9.78 Å². The van der Waals surface area contributed by atoms with Crippen LogP contribution in [0.4, 0.5) is 4.79 Å². The predicted octanol–water partition coefficient (Wildman–Crippen LogP) is 5.05. The van der Waals surface area contributed by atoms with Crippen molar-refractivity contribution in [2.45, 2.75) is 32.9 Å². The molecule has 8 heteroatoms. The van der Waals surface area contributed by atoms with Crippen molar-refractivity contribution < 1.29 is 9.53 Å². The molecule has 1 aromatic heterocycles. The Hall–Kier alpha value is -2.87. The summed E-state index contributed by atoms with van der Waals surface area (Å²) in [4.78, 5) is 22.8. The molecular weight excluding hydrogens is 474 g/mol. The first-order valence-corrected chi connectivity index (χ1v) is 13.1. The van der Waals surface area contributed by atoms with Crippen molar-refractivity contribution in [1.29, 1.82) is 0 Å². The minimum Gasteiger partial charge on any atom is -0.378 e. The molecule has 0 spiro atoms. The highest BCUT2D eigenvalue weighted by atomic mass is 35.5. The Balaban J connectivity index is 1.78. The first-order valence-electron chi connectivity index (χ1n) is 12.7. The molecule has 36 heavy (non-hydrogen) atoms. The molecule has 1 atom stereocenters. The third-order valence-electron chi connectivity index (χ3n) is 6.49. The molecule has 1 fully saturated rings. The number of amides is 2. The molecule has 4 rings (SSSR count). The number of aromatic nitrogens is 2. The van der Waals surface area contributed by atoms with Gasteiger partial charge in [-0.2, -0.15) is 0 Å². The summed E-state index contributed by atoms with van der Waals surface area (Å²) in [6, 6.07) is 17.9. The number of nitrogens with zero attached hydrogens (tertiary/aromatic N) is 4. The van der Waals surface area contributed by atoms with Crippen molar-refractivity contribution in [3.05, 3.63) is 77.2 Å². The van der Waals surface area contributed by atoms with E-state index in [9.17, 15) is 4.79 Å². The van der Waals surface area contributed by atoms with Crippen LogP contribution in [0.15, 0.2) is 60.8 Å². The number of urea groups is 1. The van der Waals surface area contributed by atoms with Crippen molar-refractivity contribution in [2.75, 3.05) is 39.4 Å². The lowest BCUT2D eigenvalue weighted by Crippen LogP contribution is -2.51. The highest BCUT2D eigenvalue weighted by molar-refractivity contribution is 6.30. The number of hydrogen-bond acceptors (Lipinski definition) is 4. The van der Waals surface area contributed by atoms with Gasteiger partial charge in [0.05, 0.1) is 24.9 Å². The fourth-order valence-corrected chi connectivity index (χ4v) is 4.90. The lowest BCUT2D eigenvalue weighted by molar-refractivity contribution is 0.0352. The predicted molar refractivity (Wildman–Crippen MR) is 144 cm³/mol. The molecule has 2 aromatic carbocycles. The van der Waals surface area contributed by atoms with Crippen LogP contribution in [-0.4, -0.2) is 64.8 Å². The third kappa shape index (κ3) is 6.27. The second kappa shape index (κ2) is 12.4. The highest BCUT2D eigenvalue weighted by Crippen LogP contribution is 2.33. The number of morpholine rings is 1. The molecule has 1 aliphatic heterocycles. The van der Waals surface area contributed by atoms with E-state index in [0.29, 0.717) is 51.0 Å². The van der Waals surface area contributed by atoms with Gasteiger partial charge in [-0.1, -0.05) is 67.9 Å². The number of carbonyl (C=O) groups is 1. The quantitative estimate of drug-likeness (QED) is 0.438. The van der Waals surface area contributed by atoms with Crippen LogP contribution in [0.3, 0.4) is 0 Å². The van der Waals surface area contributed by atoms with Crippen LogP contribution in [-0.2, 0) is 11.3 Å². The zero-order valence-electron chi connectivity index (χ0n) is 21.1. The van der Waals surface area contributed by atoms with E-state index in [1.807, 2.05) is 52.3 Å². The molecule has 0 bridgehead atoms. The van der Waals surface area contributed by atoms with E-state index in [2.05, 4.69) is 36.7 Å². The zero-order valence-corrected chi connectivity index (χ0v) is 21.9. The molecule has 0 radical (unpaired) electrons. The fraction of sp³-hybridized carbons (Fsp3) is 0.429. The van der Waals surface area contributed by atoms with Crippen molar-refractivity contribution in [3.63, 3.8) is 0 Å². The number of hydrogen-bond donors (Lipinski definition) is 1. The van der Waals surface area contributed by atoms with Gasteiger partial charge in [0.15, 0.2) is 0 Å². The maximum atomic E-state index is 13.8. The number of imidazole rings is 1. The average Bonchev–Trinajstić information content (AvgIpc) is 3.30. The van der Waals surface area contributed by atoms with Crippen LogP contribution in [0, 0.1) is 5.92 Å². The van der Waals surface area contributed by atoms with Gasteiger partial charge < -0.3 is 24.8 Å². The van der Waals surface area contributed by atoms with Gasteiger partial charge in [-0.15, -0.1) is 0 Å². The van der Waals surface area contributed by atoms with E-state index in [-0.39, 0.29) is 18.0 Å². The number of ether oxygens (including phenoxy) is 1. The molecule has 2 heterocycles. The molecule has 1 saturated heterocycles. The summed E-state index contributed by atoms with van der Waals surface area (Å²) in [6.45, 7) is 8.34. The van der Waals surface area contributed by atoms with Gasteiger partial charge in [-0.3, -0.25) is 0 Å². The second-order valence-corrected chi connectivity index (χ2v) is 9.95. The number of nitrogens with two attached hydrogens (primary N) is 1. The Labute approximate surface area is 218 Å². The molecule has 0 aliphatic carbocycles. The Bertz CT molecular complexity index is 1130. The maximum absolute atomic E-state index is 13.8. The lowest BCUT2D eigenvalue weighted by Gasteiger charge is -2.39. The largest absolute Gasteiger partial charge is 0.378 e. The Morgan fingerprint density at radius 2 is 1.89 bits per heavy atom. The van der Waals surface area contributed by atoms with E-state index < -0.39 is 0 Å². The van der Waals surface area contributed by atoms with Gasteiger partial charge in [0.2, 0.25) is 0 Å². The van der Waals surface area contributed by atoms with Crippen LogP contribution in [0.1, 0.15) is 37.7 Å². The molecule has 2 N–H and O–H groups in total. The number of carbonyl (C=O) groups excluding carboxylic acids is 1. The molecule has 2 amide bonds. The first kappa shape index (κ1) is 26.2. The Morgan fingerprint density at radius 3 is 2.56 bits per heavy atom. The zero-order chi connectivity index (χ0) is 25.5. The van der Waals surface area contributed by atoms with E-state index in [0.717, 1.165) is 23.5 Å². The second-order valence-electron chi connectivity index (χ2n) is 9.51. The Kier molecular flexibility index (Phi) is 9.02. The lowest BCUT2D eigenvalue weighted by atomic mass is 10.0. The van der Waals surface area contributed by atoms with Crippen LogP contribution < -0.4 is 5.73 Å². The molecule has 192 valence electrons. The van der Waals surface area contributed by atoms with Crippen LogP contribution in [0.25, 0.3) is 11.3 Å². The van der Waals surface area contributed by atoms with Gasteiger partial charge in [0, 0.05) is 43.0 Å². The van der Waals surface area contributed by atoms with E-state index in [4.69, 9.17) is 27.1 Å². The first-order chi connectivity index (χ1) is 17.5. The van der Waals surface area contributed by atoms with Crippen LogP contribution in [0.5, 0.6) is 0 Å². The van der Waals surface area contributed by atoms with Crippen LogP contribution in [0.2, 0.25) is 5.02 Å². The Morgan fingerprint density at radius 1 is 1.14 bits per heavy atom. The smallest absolute Gasteiger partial charge is 0.320 e. The highest BCUT2D eigenvalue weighted by Gasteiger charge is 2.34. The molecule has 7 nitrogen and oxygen atoms in total. The topological polar surface area (TPSA) is 76.6 Å². The van der Waals surface area contributed by atoms with Crippen LogP contribution >= 0.6 is 11.6 Å². The van der Waals surface area contributed by atoms with Crippen molar-refractivity contribution >= 4 is 17.6 Å². The van der Waals surface area contributed by atoms with Gasteiger partial charge in [0.1, 0.15) is 5.82 Å². The number of rotatable bonds is 9. The SMILES string of the molecule is CC(C)C(c1nc(-c2cccc(Cl)c2)cn1Cc1ccccc1)N(CCCN)C(=O)N1CCOCC1. The molecule has 1 unspecified atom stereocenters. The summed E-state index contributed by atoms with van der Waals surface area (Å²) in [7, 11) is 0. The van der Waals surface area contributed by atoms with Crippen molar-refractivity contribution in [1.82, 2.24) is 19.4 Å². The van der Waals surface area contributed by atoms with Gasteiger partial charge in [0.25, 0.3) is 0 Å².